The molecule has 0 aromatic heterocycles. The lowest BCUT2D eigenvalue weighted by atomic mass is 10.1. The SMILES string of the molecule is Cc1cc(C(=O)NCCC(=O)O)ccc1N. The van der Waals surface area contributed by atoms with Gasteiger partial charge < -0.3 is 16.2 Å². The molecule has 1 rings (SSSR count). The van der Waals surface area contributed by atoms with E-state index in [1.165, 1.54) is 0 Å². The summed E-state index contributed by atoms with van der Waals surface area (Å²) in [4.78, 5) is 21.8. The molecular formula is C11H14N2O3. The second-order valence-corrected chi connectivity index (χ2v) is 3.47. The summed E-state index contributed by atoms with van der Waals surface area (Å²) in [5, 5.41) is 10.9. The summed E-state index contributed by atoms with van der Waals surface area (Å²) in [5.41, 5.74) is 7.55. The average molecular weight is 222 g/mol. The number of anilines is 1. The van der Waals surface area contributed by atoms with Crippen molar-refractivity contribution in [3.05, 3.63) is 29.3 Å². The van der Waals surface area contributed by atoms with Crippen molar-refractivity contribution in [2.45, 2.75) is 13.3 Å². The number of carbonyl (C=O) groups excluding carboxylic acids is 1. The highest BCUT2D eigenvalue weighted by atomic mass is 16.4. The molecule has 0 heterocycles. The first kappa shape index (κ1) is 12.0. The van der Waals surface area contributed by atoms with Crippen LogP contribution < -0.4 is 11.1 Å². The van der Waals surface area contributed by atoms with Crippen molar-refractivity contribution in [3.8, 4) is 0 Å². The largest absolute Gasteiger partial charge is 0.481 e. The summed E-state index contributed by atoms with van der Waals surface area (Å²) in [6, 6.07) is 4.94. The van der Waals surface area contributed by atoms with Crippen LogP contribution in [-0.2, 0) is 4.79 Å². The molecule has 0 bridgehead atoms. The molecule has 1 aromatic rings. The van der Waals surface area contributed by atoms with Crippen LogP contribution in [0.4, 0.5) is 5.69 Å². The fourth-order valence-corrected chi connectivity index (χ4v) is 1.20. The van der Waals surface area contributed by atoms with E-state index in [9.17, 15) is 9.59 Å². The predicted octanol–water partition coefficient (Wildman–Crippen LogP) is 0.782. The molecule has 0 atom stereocenters. The Kier molecular flexibility index (Phi) is 3.88. The third-order valence-corrected chi connectivity index (χ3v) is 2.16. The monoisotopic (exact) mass is 222 g/mol. The maximum absolute atomic E-state index is 11.5. The Morgan fingerprint density at radius 3 is 2.69 bits per heavy atom. The molecule has 0 saturated heterocycles. The van der Waals surface area contributed by atoms with Gasteiger partial charge in [-0.2, -0.15) is 0 Å². The number of rotatable bonds is 4. The Balaban J connectivity index is 2.59. The Labute approximate surface area is 93.3 Å². The zero-order valence-corrected chi connectivity index (χ0v) is 8.99. The average Bonchev–Trinajstić information content (AvgIpc) is 2.21. The second kappa shape index (κ2) is 5.16. The number of benzene rings is 1. The zero-order valence-electron chi connectivity index (χ0n) is 8.99. The standard InChI is InChI=1S/C11H14N2O3/c1-7-6-8(2-3-9(7)12)11(16)13-5-4-10(14)15/h2-3,6H,4-5,12H2,1H3,(H,13,16)(H,14,15). The molecule has 0 aliphatic heterocycles. The number of nitrogens with one attached hydrogen (secondary N) is 1. The van der Waals surface area contributed by atoms with Crippen LogP contribution in [0.15, 0.2) is 18.2 Å². The summed E-state index contributed by atoms with van der Waals surface area (Å²) >= 11 is 0. The van der Waals surface area contributed by atoms with Gasteiger partial charge in [-0.15, -0.1) is 0 Å². The first-order valence-electron chi connectivity index (χ1n) is 4.87. The lowest BCUT2D eigenvalue weighted by molar-refractivity contribution is -0.136. The molecular weight excluding hydrogens is 208 g/mol. The normalized spacial score (nSPS) is 9.81. The quantitative estimate of drug-likeness (QED) is 0.656. The summed E-state index contributed by atoms with van der Waals surface area (Å²) in [6.45, 7) is 1.93. The van der Waals surface area contributed by atoms with E-state index in [-0.39, 0.29) is 18.9 Å². The van der Waals surface area contributed by atoms with E-state index in [1.54, 1.807) is 18.2 Å². The molecule has 0 unspecified atom stereocenters. The van der Waals surface area contributed by atoms with E-state index >= 15 is 0 Å². The van der Waals surface area contributed by atoms with Gasteiger partial charge in [0, 0.05) is 17.8 Å². The highest BCUT2D eigenvalue weighted by Crippen LogP contribution is 2.12. The molecule has 5 heteroatoms. The van der Waals surface area contributed by atoms with Crippen LogP contribution in [0.2, 0.25) is 0 Å². The smallest absolute Gasteiger partial charge is 0.305 e. The van der Waals surface area contributed by atoms with Gasteiger partial charge in [0.05, 0.1) is 6.42 Å². The van der Waals surface area contributed by atoms with Gasteiger partial charge in [0.25, 0.3) is 5.91 Å². The van der Waals surface area contributed by atoms with Crippen molar-refractivity contribution in [2.75, 3.05) is 12.3 Å². The Morgan fingerprint density at radius 1 is 1.44 bits per heavy atom. The number of hydrogen-bond donors (Lipinski definition) is 3. The van der Waals surface area contributed by atoms with Gasteiger partial charge in [0.15, 0.2) is 0 Å². The molecule has 16 heavy (non-hydrogen) atoms. The first-order valence-corrected chi connectivity index (χ1v) is 4.87. The van der Waals surface area contributed by atoms with Crippen LogP contribution in [0.25, 0.3) is 0 Å². The lowest BCUT2D eigenvalue weighted by Crippen LogP contribution is -2.26. The number of nitrogen functional groups attached to an aromatic ring is 1. The summed E-state index contributed by atoms with van der Waals surface area (Å²) < 4.78 is 0. The minimum absolute atomic E-state index is 0.0836. The predicted molar refractivity (Wildman–Crippen MR) is 60.2 cm³/mol. The third-order valence-electron chi connectivity index (χ3n) is 2.16. The minimum atomic E-state index is -0.936. The molecule has 0 saturated carbocycles. The maximum atomic E-state index is 11.5. The zero-order chi connectivity index (χ0) is 12.1. The van der Waals surface area contributed by atoms with Gasteiger partial charge in [0.2, 0.25) is 0 Å². The van der Waals surface area contributed by atoms with E-state index in [0.717, 1.165) is 5.56 Å². The van der Waals surface area contributed by atoms with Crippen molar-refractivity contribution in [3.63, 3.8) is 0 Å². The second-order valence-electron chi connectivity index (χ2n) is 3.47. The number of carbonyl (C=O) groups is 2. The molecule has 0 aliphatic carbocycles. The van der Waals surface area contributed by atoms with Gasteiger partial charge in [-0.1, -0.05) is 0 Å². The number of hydrogen-bond acceptors (Lipinski definition) is 3. The summed E-state index contributed by atoms with van der Waals surface area (Å²) in [7, 11) is 0. The van der Waals surface area contributed by atoms with Crippen LogP contribution >= 0.6 is 0 Å². The van der Waals surface area contributed by atoms with Crippen molar-refractivity contribution >= 4 is 17.6 Å². The number of carboxylic acid groups (broad SMARTS) is 1. The highest BCUT2D eigenvalue weighted by Gasteiger charge is 2.06. The van der Waals surface area contributed by atoms with Crippen LogP contribution in [0, 0.1) is 6.92 Å². The summed E-state index contributed by atoms with van der Waals surface area (Å²) in [5.74, 6) is -1.22. The van der Waals surface area contributed by atoms with E-state index in [4.69, 9.17) is 10.8 Å². The highest BCUT2D eigenvalue weighted by molar-refractivity contribution is 5.95. The topological polar surface area (TPSA) is 92.4 Å². The van der Waals surface area contributed by atoms with Crippen LogP contribution in [0.1, 0.15) is 22.3 Å². The van der Waals surface area contributed by atoms with Crippen molar-refractivity contribution in [1.82, 2.24) is 5.32 Å². The molecule has 0 aliphatic rings. The first-order chi connectivity index (χ1) is 7.50. The van der Waals surface area contributed by atoms with Gasteiger partial charge in [-0.05, 0) is 30.7 Å². The number of carboxylic acids is 1. The van der Waals surface area contributed by atoms with Crippen LogP contribution in [0.5, 0.6) is 0 Å². The van der Waals surface area contributed by atoms with Gasteiger partial charge >= 0.3 is 5.97 Å². The maximum Gasteiger partial charge on any atom is 0.305 e. The number of amides is 1. The van der Waals surface area contributed by atoms with Crippen LogP contribution in [-0.4, -0.2) is 23.5 Å². The fourth-order valence-electron chi connectivity index (χ4n) is 1.20. The van der Waals surface area contributed by atoms with E-state index < -0.39 is 5.97 Å². The molecule has 0 spiro atoms. The molecule has 1 aromatic carbocycles. The van der Waals surface area contributed by atoms with Gasteiger partial charge in [0.1, 0.15) is 0 Å². The third kappa shape index (κ3) is 3.27. The molecule has 0 radical (unpaired) electrons. The molecule has 86 valence electrons. The lowest BCUT2D eigenvalue weighted by Gasteiger charge is -2.05. The summed E-state index contributed by atoms with van der Waals surface area (Å²) in [6.07, 6.45) is -0.0836. The molecule has 4 N–H and O–H groups in total. The van der Waals surface area contributed by atoms with E-state index in [2.05, 4.69) is 5.32 Å². The Morgan fingerprint density at radius 2 is 2.12 bits per heavy atom. The van der Waals surface area contributed by atoms with Gasteiger partial charge in [-0.3, -0.25) is 9.59 Å². The van der Waals surface area contributed by atoms with Crippen molar-refractivity contribution in [2.24, 2.45) is 0 Å². The number of aryl methyl sites for hydroxylation is 1. The van der Waals surface area contributed by atoms with Crippen molar-refractivity contribution in [1.29, 1.82) is 0 Å². The molecule has 5 nitrogen and oxygen atoms in total. The number of aliphatic carboxylic acids is 1. The minimum Gasteiger partial charge on any atom is -0.481 e. The Bertz CT molecular complexity index is 416. The Hall–Kier alpha value is -2.04. The fraction of sp³-hybridized carbons (Fsp3) is 0.273. The molecule has 0 fully saturated rings. The van der Waals surface area contributed by atoms with E-state index in [1.807, 2.05) is 6.92 Å². The molecule has 1 amide bonds. The van der Waals surface area contributed by atoms with Crippen molar-refractivity contribution < 1.29 is 14.7 Å². The van der Waals surface area contributed by atoms with E-state index in [0.29, 0.717) is 11.3 Å². The van der Waals surface area contributed by atoms with Crippen LogP contribution in [0.3, 0.4) is 0 Å². The number of nitrogens with two attached hydrogens (primary N) is 1. The van der Waals surface area contributed by atoms with Gasteiger partial charge in [-0.25, -0.2) is 0 Å².